The summed E-state index contributed by atoms with van der Waals surface area (Å²) in [5.74, 6) is -0.975. The van der Waals surface area contributed by atoms with Crippen LogP contribution in [0, 0.1) is 6.92 Å². The molecule has 2 N–H and O–H groups in total. The Labute approximate surface area is 187 Å². The Morgan fingerprint density at radius 3 is 2.23 bits per heavy atom. The molecule has 1 aromatic carbocycles. The van der Waals surface area contributed by atoms with Crippen molar-refractivity contribution in [2.75, 3.05) is 18.5 Å². The van der Waals surface area contributed by atoms with Gasteiger partial charge in [0.2, 0.25) is 0 Å². The fraction of sp³-hybridized carbons (Fsp3) is 0.409. The molecule has 2 aromatic rings. The minimum atomic E-state index is -0.504. The number of thiocarbonyl (C=S) groups is 1. The Balaban J connectivity index is 2.22. The lowest BCUT2D eigenvalue weighted by atomic mass is 10.1. The number of hydrogen-bond donors (Lipinski definition) is 2. The number of rotatable bonds is 8. The van der Waals surface area contributed by atoms with Crippen LogP contribution in [0.25, 0.3) is 0 Å². The van der Waals surface area contributed by atoms with Gasteiger partial charge in [-0.3, -0.25) is 0 Å². The van der Waals surface area contributed by atoms with E-state index in [0.29, 0.717) is 26.1 Å². The van der Waals surface area contributed by atoms with E-state index in [1.807, 2.05) is 6.92 Å². The molecule has 0 saturated carbocycles. The van der Waals surface area contributed by atoms with Crippen molar-refractivity contribution in [2.45, 2.75) is 47.1 Å². The quantitative estimate of drug-likeness (QED) is 0.434. The first-order chi connectivity index (χ1) is 14.3. The van der Waals surface area contributed by atoms with E-state index in [1.165, 1.54) is 5.56 Å². The first-order valence-electron chi connectivity index (χ1n) is 9.96. The summed E-state index contributed by atoms with van der Waals surface area (Å²) in [7, 11) is 0. The zero-order chi connectivity index (χ0) is 22.3. The van der Waals surface area contributed by atoms with Gasteiger partial charge in [-0.25, -0.2) is 9.59 Å². The van der Waals surface area contributed by atoms with Crippen LogP contribution in [-0.4, -0.2) is 30.3 Å². The van der Waals surface area contributed by atoms with Crippen LogP contribution >= 0.6 is 23.6 Å². The zero-order valence-electron chi connectivity index (χ0n) is 18.0. The summed E-state index contributed by atoms with van der Waals surface area (Å²) in [5.41, 5.74) is 3.18. The van der Waals surface area contributed by atoms with Crippen LogP contribution in [0.2, 0.25) is 0 Å². The van der Waals surface area contributed by atoms with Crippen LogP contribution in [0.4, 0.5) is 5.00 Å². The summed E-state index contributed by atoms with van der Waals surface area (Å²) in [6, 6.07) is 8.29. The third-order valence-electron chi connectivity index (χ3n) is 4.55. The molecular formula is C22H28N2O4S2. The van der Waals surface area contributed by atoms with Crippen molar-refractivity contribution in [3.63, 3.8) is 0 Å². The molecule has 0 spiro atoms. The van der Waals surface area contributed by atoms with Gasteiger partial charge in [0.05, 0.1) is 24.8 Å². The van der Waals surface area contributed by atoms with Gasteiger partial charge in [0, 0.05) is 0 Å². The van der Waals surface area contributed by atoms with Gasteiger partial charge < -0.3 is 20.1 Å². The Bertz CT molecular complexity index is 907. The lowest BCUT2D eigenvalue weighted by Gasteiger charge is -2.17. The number of esters is 2. The Morgan fingerprint density at radius 2 is 1.67 bits per heavy atom. The molecule has 30 heavy (non-hydrogen) atoms. The monoisotopic (exact) mass is 448 g/mol. The van der Waals surface area contributed by atoms with Gasteiger partial charge in [-0.05, 0) is 63.0 Å². The van der Waals surface area contributed by atoms with Gasteiger partial charge in [0.15, 0.2) is 5.11 Å². The summed E-state index contributed by atoms with van der Waals surface area (Å²) < 4.78 is 10.3. The van der Waals surface area contributed by atoms with Crippen LogP contribution in [0.3, 0.4) is 0 Å². The molecule has 6 nitrogen and oxygen atoms in total. The van der Waals surface area contributed by atoms with Crippen molar-refractivity contribution in [3.05, 3.63) is 51.4 Å². The first kappa shape index (κ1) is 23.8. The second kappa shape index (κ2) is 11.1. The van der Waals surface area contributed by atoms with Gasteiger partial charge in [-0.2, -0.15) is 0 Å². The predicted octanol–water partition coefficient (Wildman–Crippen LogP) is 5.02. The van der Waals surface area contributed by atoms with Crippen molar-refractivity contribution < 1.29 is 19.1 Å². The number of ether oxygens (including phenoxy) is 2. The number of carbonyl (C=O) groups excluding carboxylic acids is 2. The molecular weight excluding hydrogens is 420 g/mol. The van der Waals surface area contributed by atoms with Crippen molar-refractivity contribution in [1.29, 1.82) is 0 Å². The molecule has 1 unspecified atom stereocenters. The van der Waals surface area contributed by atoms with Gasteiger partial charge in [-0.15, -0.1) is 11.3 Å². The molecule has 0 amide bonds. The van der Waals surface area contributed by atoms with Crippen molar-refractivity contribution in [1.82, 2.24) is 5.32 Å². The van der Waals surface area contributed by atoms with Crippen LogP contribution in [0.1, 0.15) is 70.5 Å². The van der Waals surface area contributed by atoms with E-state index in [4.69, 9.17) is 21.7 Å². The molecule has 2 rings (SSSR count). The number of thiophene rings is 1. The highest BCUT2D eigenvalue weighted by Crippen LogP contribution is 2.34. The normalized spacial score (nSPS) is 11.5. The Morgan fingerprint density at radius 1 is 1.07 bits per heavy atom. The van der Waals surface area contributed by atoms with E-state index in [0.717, 1.165) is 23.3 Å². The molecule has 162 valence electrons. The molecule has 0 aliphatic rings. The second-order valence-corrected chi connectivity index (χ2v) is 8.05. The summed E-state index contributed by atoms with van der Waals surface area (Å²) in [6.45, 7) is 9.78. The van der Waals surface area contributed by atoms with E-state index in [9.17, 15) is 9.59 Å². The number of nitrogens with one attached hydrogen (secondary N) is 2. The Kier molecular flexibility index (Phi) is 8.80. The average Bonchev–Trinajstić information content (AvgIpc) is 3.04. The summed E-state index contributed by atoms with van der Waals surface area (Å²) in [4.78, 5) is 25.1. The zero-order valence-corrected chi connectivity index (χ0v) is 19.6. The second-order valence-electron chi connectivity index (χ2n) is 6.62. The molecule has 1 aromatic heterocycles. The molecule has 0 saturated heterocycles. The third kappa shape index (κ3) is 5.79. The van der Waals surface area contributed by atoms with Crippen LogP contribution in [0.15, 0.2) is 24.3 Å². The highest BCUT2D eigenvalue weighted by molar-refractivity contribution is 7.80. The average molecular weight is 449 g/mol. The standard InChI is InChI=1S/C22H28N2O4S2/c1-6-15-9-11-16(12-10-15)14(5)23-22(29)24-19-17(20(25)27-7-2)13(4)18(30-19)21(26)28-8-3/h9-12,14H,6-8H2,1-5H3,(H2,23,24,29). The molecule has 0 radical (unpaired) electrons. The van der Waals surface area contributed by atoms with E-state index >= 15 is 0 Å². The fourth-order valence-electron chi connectivity index (χ4n) is 2.90. The number of anilines is 1. The van der Waals surface area contributed by atoms with E-state index < -0.39 is 11.9 Å². The molecule has 8 heteroatoms. The maximum Gasteiger partial charge on any atom is 0.348 e. The topological polar surface area (TPSA) is 76.7 Å². The molecule has 1 heterocycles. The van der Waals surface area contributed by atoms with Gasteiger partial charge >= 0.3 is 11.9 Å². The van der Waals surface area contributed by atoms with Crippen LogP contribution in [-0.2, 0) is 15.9 Å². The number of aryl methyl sites for hydroxylation is 1. The van der Waals surface area contributed by atoms with Gasteiger partial charge in [0.1, 0.15) is 9.88 Å². The highest BCUT2D eigenvalue weighted by Gasteiger charge is 2.27. The lowest BCUT2D eigenvalue weighted by Crippen LogP contribution is -2.31. The molecule has 1 atom stereocenters. The minimum absolute atomic E-state index is 0.0347. The maximum atomic E-state index is 12.5. The summed E-state index contributed by atoms with van der Waals surface area (Å²) in [5, 5.41) is 7.09. The Hall–Kier alpha value is -2.45. The lowest BCUT2D eigenvalue weighted by molar-refractivity contribution is 0.0527. The largest absolute Gasteiger partial charge is 0.462 e. The van der Waals surface area contributed by atoms with Crippen LogP contribution in [0.5, 0.6) is 0 Å². The predicted molar refractivity (Wildman–Crippen MR) is 125 cm³/mol. The number of carbonyl (C=O) groups is 2. The minimum Gasteiger partial charge on any atom is -0.462 e. The van der Waals surface area contributed by atoms with E-state index in [1.54, 1.807) is 20.8 Å². The smallest absolute Gasteiger partial charge is 0.348 e. The maximum absolute atomic E-state index is 12.5. The molecule has 0 bridgehead atoms. The fourth-order valence-corrected chi connectivity index (χ4v) is 4.34. The molecule has 0 aliphatic carbocycles. The summed E-state index contributed by atoms with van der Waals surface area (Å²) >= 11 is 6.59. The first-order valence-corrected chi connectivity index (χ1v) is 11.2. The van der Waals surface area contributed by atoms with Crippen LogP contribution < -0.4 is 10.6 Å². The SMILES string of the molecule is CCOC(=O)c1sc(NC(=S)NC(C)c2ccc(CC)cc2)c(C(=O)OCC)c1C. The molecule has 0 aliphatic heterocycles. The van der Waals surface area contributed by atoms with Gasteiger partial charge in [-0.1, -0.05) is 31.2 Å². The number of benzene rings is 1. The van der Waals surface area contributed by atoms with Crippen molar-refractivity contribution in [3.8, 4) is 0 Å². The highest BCUT2D eigenvalue weighted by atomic mass is 32.1. The van der Waals surface area contributed by atoms with Crippen molar-refractivity contribution in [2.24, 2.45) is 0 Å². The summed E-state index contributed by atoms with van der Waals surface area (Å²) in [6.07, 6.45) is 0.985. The number of hydrogen-bond acceptors (Lipinski definition) is 6. The van der Waals surface area contributed by atoms with Gasteiger partial charge in [0.25, 0.3) is 0 Å². The van der Waals surface area contributed by atoms with E-state index in [2.05, 4.69) is 41.8 Å². The van der Waals surface area contributed by atoms with E-state index in [-0.39, 0.29) is 19.3 Å². The molecule has 0 fully saturated rings. The van der Waals surface area contributed by atoms with Crippen molar-refractivity contribution >= 4 is 45.6 Å². The third-order valence-corrected chi connectivity index (χ3v) is 5.96.